The monoisotopic (exact) mass is 330 g/mol. The molecule has 3 rings (SSSR count). The Morgan fingerprint density at radius 2 is 2.13 bits per heavy atom. The molecule has 6 heteroatoms. The van der Waals surface area contributed by atoms with Gasteiger partial charge < -0.3 is 10.5 Å². The molecule has 2 aliphatic heterocycles. The maximum Gasteiger partial charge on any atom is 0.144 e. The number of nitrogens with zero attached hydrogens (tertiary/aromatic N) is 3. The van der Waals surface area contributed by atoms with E-state index in [4.69, 9.17) is 10.5 Å². The summed E-state index contributed by atoms with van der Waals surface area (Å²) in [5.41, 5.74) is 9.67. The predicted octanol–water partition coefficient (Wildman–Crippen LogP) is 3.02. The number of ether oxygens (including phenoxy) is 1. The molecular weight excluding hydrogens is 312 g/mol. The fourth-order valence-electron chi connectivity index (χ4n) is 2.60. The third kappa shape index (κ3) is 3.09. The number of halogens is 1. The molecule has 2 N–H and O–H groups in total. The third-order valence-corrected chi connectivity index (χ3v) is 3.72. The summed E-state index contributed by atoms with van der Waals surface area (Å²) in [6.45, 7) is 6.27. The van der Waals surface area contributed by atoms with Gasteiger partial charge in [-0.1, -0.05) is 12.1 Å². The van der Waals surface area contributed by atoms with Crippen LogP contribution < -0.4 is 10.7 Å². The molecule has 0 saturated carbocycles. The highest BCUT2D eigenvalue weighted by atomic mass is 35.5. The van der Waals surface area contributed by atoms with Crippen molar-refractivity contribution in [3.8, 4) is 6.07 Å². The van der Waals surface area contributed by atoms with Crippen LogP contribution in [0.25, 0.3) is 0 Å². The van der Waals surface area contributed by atoms with Crippen LogP contribution in [0.1, 0.15) is 19.4 Å². The Hall–Kier alpha value is -2.29. The van der Waals surface area contributed by atoms with Gasteiger partial charge in [-0.3, -0.25) is 0 Å². The fourth-order valence-corrected chi connectivity index (χ4v) is 2.60. The molecule has 1 aromatic carbocycles. The lowest BCUT2D eigenvalue weighted by atomic mass is 9.92. The van der Waals surface area contributed by atoms with Gasteiger partial charge in [0.05, 0.1) is 23.6 Å². The van der Waals surface area contributed by atoms with E-state index in [1.807, 2.05) is 51.1 Å². The van der Waals surface area contributed by atoms with E-state index in [0.717, 1.165) is 22.5 Å². The number of hydrogen-bond acceptors (Lipinski definition) is 5. The predicted molar refractivity (Wildman–Crippen MR) is 93.3 cm³/mol. The van der Waals surface area contributed by atoms with E-state index >= 15 is 0 Å². The topological polar surface area (TPSA) is 74.6 Å². The number of anilines is 1. The number of fused-ring (bicyclic) bond motifs is 1. The van der Waals surface area contributed by atoms with Gasteiger partial charge in [0.15, 0.2) is 0 Å². The lowest BCUT2D eigenvalue weighted by Crippen LogP contribution is -2.39. The molecule has 0 spiro atoms. The first kappa shape index (κ1) is 17.1. The van der Waals surface area contributed by atoms with Crippen molar-refractivity contribution in [3.63, 3.8) is 0 Å². The molecule has 0 aromatic heterocycles. The highest BCUT2D eigenvalue weighted by molar-refractivity contribution is 6.08. The molecule has 0 radical (unpaired) electrons. The molecule has 0 amide bonds. The van der Waals surface area contributed by atoms with Crippen molar-refractivity contribution in [2.24, 2.45) is 10.8 Å². The SMILES string of the molecule is Cc1cccc(N2N=C3COC(C)(C)C=C3C(C#N)=C2N)c1.Cl. The Morgan fingerprint density at radius 1 is 1.39 bits per heavy atom. The number of allylic oxidation sites excluding steroid dienone is 1. The van der Waals surface area contributed by atoms with Gasteiger partial charge >= 0.3 is 0 Å². The molecule has 0 aliphatic carbocycles. The van der Waals surface area contributed by atoms with Crippen LogP contribution in [0.2, 0.25) is 0 Å². The van der Waals surface area contributed by atoms with Gasteiger partial charge in [-0.2, -0.15) is 10.4 Å². The number of rotatable bonds is 1. The smallest absolute Gasteiger partial charge is 0.144 e. The van der Waals surface area contributed by atoms with Gasteiger partial charge in [-0.25, -0.2) is 5.01 Å². The number of hydrogen-bond donors (Lipinski definition) is 1. The molecule has 5 nitrogen and oxygen atoms in total. The molecule has 1 aromatic rings. The van der Waals surface area contributed by atoms with Gasteiger partial charge in [-0.05, 0) is 44.5 Å². The largest absolute Gasteiger partial charge is 0.383 e. The standard InChI is InChI=1S/C17H18N4O.ClH/c1-11-5-4-6-12(7-11)21-16(19)14(9-18)13-8-17(2,3)22-10-15(13)20-21;/h4-8H,10,19H2,1-3H3;1H. The molecule has 2 heterocycles. The van der Waals surface area contributed by atoms with Crippen LogP contribution in [-0.4, -0.2) is 17.9 Å². The highest BCUT2D eigenvalue weighted by Crippen LogP contribution is 2.32. The molecule has 0 atom stereocenters. The number of aryl methyl sites for hydroxylation is 1. The second-order valence-corrected chi connectivity index (χ2v) is 6.02. The molecular formula is C17H19ClN4O. The van der Waals surface area contributed by atoms with Crippen LogP contribution in [0, 0.1) is 18.3 Å². The van der Waals surface area contributed by atoms with E-state index in [1.54, 1.807) is 5.01 Å². The highest BCUT2D eigenvalue weighted by Gasteiger charge is 2.33. The van der Waals surface area contributed by atoms with Gasteiger partial charge in [0, 0.05) is 5.57 Å². The molecule has 0 fully saturated rings. The summed E-state index contributed by atoms with van der Waals surface area (Å²) in [7, 11) is 0. The van der Waals surface area contributed by atoms with Crippen LogP contribution >= 0.6 is 12.4 Å². The third-order valence-electron chi connectivity index (χ3n) is 3.72. The minimum absolute atomic E-state index is 0. The Labute approximate surface area is 142 Å². The lowest BCUT2D eigenvalue weighted by molar-refractivity contribution is 0.0409. The quantitative estimate of drug-likeness (QED) is 0.858. The molecule has 120 valence electrons. The van der Waals surface area contributed by atoms with Crippen LogP contribution in [-0.2, 0) is 4.74 Å². The number of benzene rings is 1. The van der Waals surface area contributed by atoms with Crippen LogP contribution in [0.3, 0.4) is 0 Å². The zero-order valence-corrected chi connectivity index (χ0v) is 14.1. The number of hydrazone groups is 1. The maximum absolute atomic E-state index is 9.54. The molecule has 2 aliphatic rings. The molecule has 0 bridgehead atoms. The minimum Gasteiger partial charge on any atom is -0.383 e. The zero-order chi connectivity index (χ0) is 15.9. The summed E-state index contributed by atoms with van der Waals surface area (Å²) in [6.07, 6.45) is 1.91. The first-order valence-corrected chi connectivity index (χ1v) is 7.13. The van der Waals surface area contributed by atoms with E-state index in [1.165, 1.54) is 0 Å². The summed E-state index contributed by atoms with van der Waals surface area (Å²) < 4.78 is 5.76. The molecule has 23 heavy (non-hydrogen) atoms. The maximum atomic E-state index is 9.54. The zero-order valence-electron chi connectivity index (χ0n) is 13.3. The number of nitrogens with two attached hydrogens (primary N) is 1. The average molecular weight is 331 g/mol. The summed E-state index contributed by atoms with van der Waals surface area (Å²) in [4.78, 5) is 0. The summed E-state index contributed by atoms with van der Waals surface area (Å²) >= 11 is 0. The van der Waals surface area contributed by atoms with Crippen molar-refractivity contribution < 1.29 is 4.74 Å². The minimum atomic E-state index is -0.428. The van der Waals surface area contributed by atoms with Crippen molar-refractivity contribution in [1.82, 2.24) is 0 Å². The van der Waals surface area contributed by atoms with Crippen molar-refractivity contribution >= 4 is 23.8 Å². The second-order valence-electron chi connectivity index (χ2n) is 6.02. The Morgan fingerprint density at radius 3 is 2.78 bits per heavy atom. The number of nitriles is 1. The summed E-state index contributed by atoms with van der Waals surface area (Å²) in [5.74, 6) is 0.348. The molecule has 0 saturated heterocycles. The van der Waals surface area contributed by atoms with E-state index in [2.05, 4.69) is 11.2 Å². The van der Waals surface area contributed by atoms with Crippen LogP contribution in [0.4, 0.5) is 5.69 Å². The summed E-state index contributed by atoms with van der Waals surface area (Å²) in [5, 5.41) is 15.7. The van der Waals surface area contributed by atoms with Crippen molar-refractivity contribution in [2.45, 2.75) is 26.4 Å². The van der Waals surface area contributed by atoms with E-state index in [9.17, 15) is 5.26 Å². The van der Waals surface area contributed by atoms with Crippen molar-refractivity contribution in [3.05, 3.63) is 52.9 Å². The van der Waals surface area contributed by atoms with Crippen molar-refractivity contribution in [2.75, 3.05) is 11.6 Å². The fraction of sp³-hybridized carbons (Fsp3) is 0.294. The average Bonchev–Trinajstić information content (AvgIpc) is 2.46. The first-order valence-electron chi connectivity index (χ1n) is 7.13. The van der Waals surface area contributed by atoms with E-state index in [-0.39, 0.29) is 12.4 Å². The molecule has 0 unspecified atom stereocenters. The Kier molecular flexibility index (Phi) is 4.51. The van der Waals surface area contributed by atoms with Gasteiger partial charge in [0.25, 0.3) is 0 Å². The van der Waals surface area contributed by atoms with Crippen molar-refractivity contribution in [1.29, 1.82) is 5.26 Å². The van der Waals surface area contributed by atoms with Crippen LogP contribution in [0.15, 0.2) is 52.4 Å². The summed E-state index contributed by atoms with van der Waals surface area (Å²) in [6, 6.07) is 10.1. The first-order chi connectivity index (χ1) is 10.4. The van der Waals surface area contributed by atoms with Gasteiger partial charge in [0.2, 0.25) is 0 Å². The van der Waals surface area contributed by atoms with Crippen LogP contribution in [0.5, 0.6) is 0 Å². The van der Waals surface area contributed by atoms with E-state index < -0.39 is 5.60 Å². The Bertz CT molecular complexity index is 771. The second kappa shape index (κ2) is 6.07. The van der Waals surface area contributed by atoms with Gasteiger partial charge in [-0.15, -0.1) is 12.4 Å². The Balaban J connectivity index is 0.00000192. The lowest BCUT2D eigenvalue weighted by Gasteiger charge is -2.34. The van der Waals surface area contributed by atoms with Gasteiger partial charge in [0.1, 0.15) is 17.5 Å². The normalized spacial score (nSPS) is 19.1. The van der Waals surface area contributed by atoms with E-state index in [0.29, 0.717) is 18.0 Å².